The average Bonchev–Trinajstić information content (AvgIpc) is 3.38. The SMILES string of the molecule is CC(C)c1noc(C2CCN(C(=O)[C@H]3CC[C@H](c4ccccc4)N3)CC2)n1. The van der Waals surface area contributed by atoms with Gasteiger partial charge in [-0.15, -0.1) is 0 Å². The number of aromatic nitrogens is 2. The summed E-state index contributed by atoms with van der Waals surface area (Å²) >= 11 is 0. The lowest BCUT2D eigenvalue weighted by Gasteiger charge is -2.32. The van der Waals surface area contributed by atoms with Crippen LogP contribution in [-0.4, -0.2) is 40.1 Å². The third-order valence-electron chi connectivity index (χ3n) is 5.78. The zero-order chi connectivity index (χ0) is 18.8. The van der Waals surface area contributed by atoms with Crippen molar-refractivity contribution in [1.82, 2.24) is 20.4 Å². The molecule has 0 aliphatic carbocycles. The molecule has 1 aromatic carbocycles. The summed E-state index contributed by atoms with van der Waals surface area (Å²) in [6.45, 7) is 5.65. The number of nitrogens with one attached hydrogen (secondary N) is 1. The number of hydrogen-bond donors (Lipinski definition) is 1. The summed E-state index contributed by atoms with van der Waals surface area (Å²) in [6.07, 6.45) is 3.69. The molecule has 1 aromatic heterocycles. The largest absolute Gasteiger partial charge is 0.341 e. The fourth-order valence-corrected chi connectivity index (χ4v) is 4.10. The van der Waals surface area contributed by atoms with Crippen LogP contribution in [0.4, 0.5) is 0 Å². The second kappa shape index (κ2) is 7.80. The third kappa shape index (κ3) is 3.90. The average molecular weight is 368 g/mol. The molecule has 144 valence electrons. The Morgan fingerprint density at radius 1 is 1.15 bits per heavy atom. The van der Waals surface area contributed by atoms with Crippen LogP contribution in [0.2, 0.25) is 0 Å². The molecule has 0 saturated carbocycles. The number of benzene rings is 1. The van der Waals surface area contributed by atoms with E-state index in [1.54, 1.807) is 0 Å². The lowest BCUT2D eigenvalue weighted by atomic mass is 9.96. The normalized spacial score (nSPS) is 23.9. The van der Waals surface area contributed by atoms with Gasteiger partial charge in [0, 0.05) is 31.0 Å². The quantitative estimate of drug-likeness (QED) is 0.896. The fraction of sp³-hybridized carbons (Fsp3) is 0.571. The van der Waals surface area contributed by atoms with Crippen LogP contribution in [0, 0.1) is 0 Å². The van der Waals surface area contributed by atoms with E-state index in [9.17, 15) is 4.79 Å². The molecule has 3 heterocycles. The summed E-state index contributed by atoms with van der Waals surface area (Å²) in [7, 11) is 0. The molecule has 1 amide bonds. The van der Waals surface area contributed by atoms with Gasteiger partial charge in [0.25, 0.3) is 0 Å². The van der Waals surface area contributed by atoms with Crippen LogP contribution in [0.1, 0.15) is 74.7 Å². The first kappa shape index (κ1) is 18.2. The number of carbonyl (C=O) groups is 1. The molecule has 6 nitrogen and oxygen atoms in total. The lowest BCUT2D eigenvalue weighted by molar-refractivity contribution is -0.134. The van der Waals surface area contributed by atoms with Crippen molar-refractivity contribution in [3.05, 3.63) is 47.6 Å². The second-order valence-electron chi connectivity index (χ2n) is 8.00. The van der Waals surface area contributed by atoms with Crippen LogP contribution in [0.5, 0.6) is 0 Å². The van der Waals surface area contributed by atoms with E-state index >= 15 is 0 Å². The van der Waals surface area contributed by atoms with Gasteiger partial charge in [-0.25, -0.2) is 0 Å². The van der Waals surface area contributed by atoms with E-state index in [1.807, 2.05) is 11.0 Å². The molecule has 2 aliphatic rings. The van der Waals surface area contributed by atoms with Crippen LogP contribution in [-0.2, 0) is 4.79 Å². The Hall–Kier alpha value is -2.21. The highest BCUT2D eigenvalue weighted by atomic mass is 16.5. The third-order valence-corrected chi connectivity index (χ3v) is 5.78. The molecule has 2 fully saturated rings. The van der Waals surface area contributed by atoms with Crippen molar-refractivity contribution in [2.45, 2.75) is 63.5 Å². The summed E-state index contributed by atoms with van der Waals surface area (Å²) in [4.78, 5) is 19.5. The van der Waals surface area contributed by atoms with E-state index in [-0.39, 0.29) is 29.8 Å². The van der Waals surface area contributed by atoms with Crippen LogP contribution in [0.3, 0.4) is 0 Å². The number of amides is 1. The van der Waals surface area contributed by atoms with Crippen LogP contribution >= 0.6 is 0 Å². The molecule has 2 aromatic rings. The highest BCUT2D eigenvalue weighted by molar-refractivity contribution is 5.82. The summed E-state index contributed by atoms with van der Waals surface area (Å²) in [5.41, 5.74) is 1.27. The van der Waals surface area contributed by atoms with Crippen LogP contribution in [0.25, 0.3) is 0 Å². The van der Waals surface area contributed by atoms with E-state index in [4.69, 9.17) is 4.52 Å². The first-order valence-electron chi connectivity index (χ1n) is 10.0. The molecule has 2 atom stereocenters. The van der Waals surface area contributed by atoms with Gasteiger partial charge in [0.15, 0.2) is 5.82 Å². The fourth-order valence-electron chi connectivity index (χ4n) is 4.10. The lowest BCUT2D eigenvalue weighted by Crippen LogP contribution is -2.47. The molecule has 0 spiro atoms. The molecular weight excluding hydrogens is 340 g/mol. The Morgan fingerprint density at radius 2 is 1.89 bits per heavy atom. The minimum atomic E-state index is -0.0669. The van der Waals surface area contributed by atoms with Crippen molar-refractivity contribution in [3.63, 3.8) is 0 Å². The number of carbonyl (C=O) groups excluding carboxylic acids is 1. The van der Waals surface area contributed by atoms with Gasteiger partial charge in [-0.05, 0) is 31.2 Å². The van der Waals surface area contributed by atoms with Gasteiger partial charge in [-0.2, -0.15) is 4.98 Å². The Balaban J connectivity index is 1.31. The molecular formula is C21H28N4O2. The minimum Gasteiger partial charge on any atom is -0.341 e. The number of nitrogens with zero attached hydrogens (tertiary/aromatic N) is 3. The smallest absolute Gasteiger partial charge is 0.239 e. The van der Waals surface area contributed by atoms with Gasteiger partial charge < -0.3 is 9.42 Å². The van der Waals surface area contributed by atoms with Gasteiger partial charge >= 0.3 is 0 Å². The predicted molar refractivity (Wildman–Crippen MR) is 102 cm³/mol. The summed E-state index contributed by atoms with van der Waals surface area (Å²) in [6, 6.07) is 10.6. The summed E-state index contributed by atoms with van der Waals surface area (Å²) < 4.78 is 5.45. The first-order valence-corrected chi connectivity index (χ1v) is 10.0. The Morgan fingerprint density at radius 3 is 2.56 bits per heavy atom. The van der Waals surface area contributed by atoms with Crippen molar-refractivity contribution < 1.29 is 9.32 Å². The Kier molecular flexibility index (Phi) is 5.25. The maximum Gasteiger partial charge on any atom is 0.239 e. The number of likely N-dealkylation sites (tertiary alicyclic amines) is 1. The van der Waals surface area contributed by atoms with Crippen molar-refractivity contribution in [3.8, 4) is 0 Å². The van der Waals surface area contributed by atoms with Gasteiger partial charge in [0.05, 0.1) is 6.04 Å². The molecule has 2 saturated heterocycles. The standard InChI is InChI=1S/C21H28N4O2/c1-14(2)19-23-20(27-24-19)16-10-12-25(13-11-16)21(26)18-9-8-17(22-18)15-6-4-3-5-7-15/h3-7,14,16-18,22H,8-13H2,1-2H3/t17-,18-/m1/s1. The molecule has 4 rings (SSSR count). The van der Waals surface area contributed by atoms with Crippen molar-refractivity contribution in [1.29, 1.82) is 0 Å². The molecule has 0 radical (unpaired) electrons. The summed E-state index contributed by atoms with van der Waals surface area (Å²) in [5.74, 6) is 2.28. The summed E-state index contributed by atoms with van der Waals surface area (Å²) in [5, 5.41) is 7.60. The second-order valence-corrected chi connectivity index (χ2v) is 8.00. The molecule has 1 N–H and O–H groups in total. The van der Waals surface area contributed by atoms with Gasteiger partial charge in [0.2, 0.25) is 11.8 Å². The van der Waals surface area contributed by atoms with Crippen molar-refractivity contribution in [2.75, 3.05) is 13.1 Å². The van der Waals surface area contributed by atoms with Gasteiger partial charge in [-0.3, -0.25) is 10.1 Å². The molecule has 0 bridgehead atoms. The molecule has 2 aliphatic heterocycles. The maximum atomic E-state index is 12.9. The van der Waals surface area contributed by atoms with Crippen LogP contribution < -0.4 is 5.32 Å². The Labute approximate surface area is 160 Å². The minimum absolute atomic E-state index is 0.0669. The number of rotatable bonds is 4. The molecule has 0 unspecified atom stereocenters. The van der Waals surface area contributed by atoms with Gasteiger partial charge in [0.1, 0.15) is 0 Å². The van der Waals surface area contributed by atoms with E-state index in [0.717, 1.165) is 50.5 Å². The van der Waals surface area contributed by atoms with E-state index in [0.29, 0.717) is 0 Å². The number of hydrogen-bond acceptors (Lipinski definition) is 5. The zero-order valence-corrected chi connectivity index (χ0v) is 16.1. The topological polar surface area (TPSA) is 71.3 Å². The van der Waals surface area contributed by atoms with Gasteiger partial charge in [-0.1, -0.05) is 49.3 Å². The highest BCUT2D eigenvalue weighted by Gasteiger charge is 2.35. The highest BCUT2D eigenvalue weighted by Crippen LogP contribution is 2.30. The van der Waals surface area contributed by atoms with Crippen molar-refractivity contribution in [2.24, 2.45) is 0 Å². The Bertz CT molecular complexity index is 765. The van der Waals surface area contributed by atoms with E-state index in [1.165, 1.54) is 5.56 Å². The maximum absolute atomic E-state index is 12.9. The number of piperidine rings is 1. The predicted octanol–water partition coefficient (Wildman–Crippen LogP) is 3.39. The van der Waals surface area contributed by atoms with Crippen molar-refractivity contribution >= 4 is 5.91 Å². The van der Waals surface area contributed by atoms with E-state index in [2.05, 4.69) is 53.6 Å². The van der Waals surface area contributed by atoms with E-state index < -0.39 is 0 Å². The zero-order valence-electron chi connectivity index (χ0n) is 16.1. The first-order chi connectivity index (χ1) is 13.1. The monoisotopic (exact) mass is 368 g/mol. The molecule has 27 heavy (non-hydrogen) atoms. The molecule has 6 heteroatoms. The van der Waals surface area contributed by atoms with Crippen LogP contribution in [0.15, 0.2) is 34.9 Å².